The standard InChI is InChI=1S/C17H24N2O3/c1-12(2)17(21)19-10-8-13(9-11-19)16(20)18-14-4-6-15(22-3)7-5-14/h4-7,12-13H,8-11H2,1-3H3,(H,18,20). The predicted octanol–water partition coefficient (Wildman–Crippen LogP) is 2.53. The molecule has 1 saturated heterocycles. The van der Waals surface area contributed by atoms with Crippen molar-refractivity contribution in [1.29, 1.82) is 0 Å². The molecule has 1 aromatic carbocycles. The van der Waals surface area contributed by atoms with Crippen LogP contribution >= 0.6 is 0 Å². The van der Waals surface area contributed by atoms with E-state index in [1.54, 1.807) is 7.11 Å². The molecular formula is C17H24N2O3. The van der Waals surface area contributed by atoms with E-state index < -0.39 is 0 Å². The van der Waals surface area contributed by atoms with Gasteiger partial charge in [0, 0.05) is 30.6 Å². The fourth-order valence-electron chi connectivity index (χ4n) is 2.65. The highest BCUT2D eigenvalue weighted by Crippen LogP contribution is 2.21. The lowest BCUT2D eigenvalue weighted by Crippen LogP contribution is -2.43. The van der Waals surface area contributed by atoms with Crippen molar-refractivity contribution in [2.45, 2.75) is 26.7 Å². The van der Waals surface area contributed by atoms with E-state index in [1.165, 1.54) is 0 Å². The molecule has 1 fully saturated rings. The third-order valence-electron chi connectivity index (χ3n) is 4.03. The summed E-state index contributed by atoms with van der Waals surface area (Å²) in [6, 6.07) is 7.29. The highest BCUT2D eigenvalue weighted by atomic mass is 16.5. The first-order valence-electron chi connectivity index (χ1n) is 7.75. The SMILES string of the molecule is COc1ccc(NC(=O)C2CCN(C(=O)C(C)C)CC2)cc1. The lowest BCUT2D eigenvalue weighted by atomic mass is 9.95. The molecule has 0 spiro atoms. The van der Waals surface area contributed by atoms with E-state index >= 15 is 0 Å². The molecule has 0 aromatic heterocycles. The van der Waals surface area contributed by atoms with Gasteiger partial charge in [-0.3, -0.25) is 9.59 Å². The van der Waals surface area contributed by atoms with E-state index in [4.69, 9.17) is 4.74 Å². The van der Waals surface area contributed by atoms with Gasteiger partial charge in [-0.1, -0.05) is 13.8 Å². The predicted molar refractivity (Wildman–Crippen MR) is 85.8 cm³/mol. The van der Waals surface area contributed by atoms with Gasteiger partial charge in [0.05, 0.1) is 7.11 Å². The molecule has 0 saturated carbocycles. The van der Waals surface area contributed by atoms with E-state index in [9.17, 15) is 9.59 Å². The summed E-state index contributed by atoms with van der Waals surface area (Å²) in [7, 11) is 1.61. The summed E-state index contributed by atoms with van der Waals surface area (Å²) in [6.07, 6.45) is 1.45. The van der Waals surface area contributed by atoms with Gasteiger partial charge in [-0.05, 0) is 37.1 Å². The Labute approximate surface area is 131 Å². The minimum atomic E-state index is -0.0293. The number of amides is 2. The van der Waals surface area contributed by atoms with Crippen LogP contribution in [0.4, 0.5) is 5.69 Å². The lowest BCUT2D eigenvalue weighted by Gasteiger charge is -2.32. The first kappa shape index (κ1) is 16.3. The van der Waals surface area contributed by atoms with Crippen LogP contribution in [0.5, 0.6) is 5.75 Å². The van der Waals surface area contributed by atoms with Gasteiger partial charge in [0.1, 0.15) is 5.75 Å². The van der Waals surface area contributed by atoms with Crippen LogP contribution in [0.15, 0.2) is 24.3 Å². The maximum atomic E-state index is 12.3. The molecule has 0 aliphatic carbocycles. The summed E-state index contributed by atoms with van der Waals surface area (Å²) >= 11 is 0. The number of carbonyl (C=O) groups is 2. The molecule has 1 aliphatic heterocycles. The molecule has 2 amide bonds. The van der Waals surface area contributed by atoms with E-state index in [1.807, 2.05) is 43.0 Å². The Kier molecular flexibility index (Phi) is 5.41. The maximum absolute atomic E-state index is 12.3. The van der Waals surface area contributed by atoms with Crippen molar-refractivity contribution < 1.29 is 14.3 Å². The van der Waals surface area contributed by atoms with Crippen LogP contribution in [0.25, 0.3) is 0 Å². The number of ether oxygens (including phenoxy) is 1. The molecule has 0 atom stereocenters. The Morgan fingerprint density at radius 2 is 1.77 bits per heavy atom. The van der Waals surface area contributed by atoms with Gasteiger partial charge < -0.3 is 15.0 Å². The van der Waals surface area contributed by atoms with Crippen LogP contribution in [0.1, 0.15) is 26.7 Å². The number of hydrogen-bond donors (Lipinski definition) is 1. The summed E-state index contributed by atoms with van der Waals surface area (Å²) < 4.78 is 5.09. The van der Waals surface area contributed by atoms with Gasteiger partial charge in [0.15, 0.2) is 0 Å². The molecular weight excluding hydrogens is 280 g/mol. The first-order valence-corrected chi connectivity index (χ1v) is 7.75. The summed E-state index contributed by atoms with van der Waals surface area (Å²) in [5.74, 6) is 0.956. The Bertz CT molecular complexity index is 517. The van der Waals surface area contributed by atoms with E-state index in [0.29, 0.717) is 13.1 Å². The second-order valence-electron chi connectivity index (χ2n) is 5.97. The van der Waals surface area contributed by atoms with Crippen molar-refractivity contribution in [3.63, 3.8) is 0 Å². The van der Waals surface area contributed by atoms with Crippen LogP contribution in [-0.4, -0.2) is 36.9 Å². The average Bonchev–Trinajstić information content (AvgIpc) is 2.55. The van der Waals surface area contributed by atoms with Gasteiger partial charge in [0.25, 0.3) is 0 Å². The van der Waals surface area contributed by atoms with Crippen molar-refractivity contribution in [3.05, 3.63) is 24.3 Å². The molecule has 5 heteroatoms. The number of carbonyl (C=O) groups excluding carboxylic acids is 2. The van der Waals surface area contributed by atoms with Crippen molar-refractivity contribution in [2.75, 3.05) is 25.5 Å². The van der Waals surface area contributed by atoms with Crippen LogP contribution in [0.2, 0.25) is 0 Å². The second-order valence-corrected chi connectivity index (χ2v) is 5.97. The normalized spacial score (nSPS) is 15.7. The molecule has 1 N–H and O–H groups in total. The Balaban J connectivity index is 1.85. The van der Waals surface area contributed by atoms with Crippen molar-refractivity contribution in [2.24, 2.45) is 11.8 Å². The number of hydrogen-bond acceptors (Lipinski definition) is 3. The zero-order chi connectivity index (χ0) is 16.1. The van der Waals surface area contributed by atoms with Crippen LogP contribution in [0, 0.1) is 11.8 Å². The number of piperidine rings is 1. The van der Waals surface area contributed by atoms with Crippen LogP contribution in [0.3, 0.4) is 0 Å². The molecule has 1 aromatic rings. The highest BCUT2D eigenvalue weighted by Gasteiger charge is 2.28. The summed E-state index contributed by atoms with van der Waals surface area (Å²) in [4.78, 5) is 26.1. The average molecular weight is 304 g/mol. The van der Waals surface area contributed by atoms with Gasteiger partial charge >= 0.3 is 0 Å². The van der Waals surface area contributed by atoms with Crippen molar-refractivity contribution >= 4 is 17.5 Å². The van der Waals surface area contributed by atoms with E-state index in [-0.39, 0.29) is 23.7 Å². The third kappa shape index (κ3) is 4.00. The number of benzene rings is 1. The molecule has 1 aliphatic rings. The molecule has 5 nitrogen and oxygen atoms in total. The van der Waals surface area contributed by atoms with Crippen molar-refractivity contribution in [1.82, 2.24) is 4.90 Å². The first-order chi connectivity index (χ1) is 10.5. The number of anilines is 1. The van der Waals surface area contributed by atoms with Gasteiger partial charge in [-0.25, -0.2) is 0 Å². The topological polar surface area (TPSA) is 58.6 Å². The molecule has 22 heavy (non-hydrogen) atoms. The summed E-state index contributed by atoms with van der Waals surface area (Å²) in [5, 5.41) is 2.93. The summed E-state index contributed by atoms with van der Waals surface area (Å²) in [5.41, 5.74) is 0.770. The summed E-state index contributed by atoms with van der Waals surface area (Å²) in [6.45, 7) is 5.14. The maximum Gasteiger partial charge on any atom is 0.227 e. The van der Waals surface area contributed by atoms with Gasteiger partial charge in [-0.15, -0.1) is 0 Å². The Morgan fingerprint density at radius 1 is 1.18 bits per heavy atom. The fourth-order valence-corrected chi connectivity index (χ4v) is 2.65. The Morgan fingerprint density at radius 3 is 2.27 bits per heavy atom. The molecule has 0 radical (unpaired) electrons. The van der Waals surface area contributed by atoms with Crippen LogP contribution < -0.4 is 10.1 Å². The minimum absolute atomic E-state index is 0.0182. The number of rotatable bonds is 4. The quantitative estimate of drug-likeness (QED) is 0.930. The van der Waals surface area contributed by atoms with Gasteiger partial charge in [-0.2, -0.15) is 0 Å². The number of likely N-dealkylation sites (tertiary alicyclic amines) is 1. The van der Waals surface area contributed by atoms with E-state index in [2.05, 4.69) is 5.32 Å². The molecule has 2 rings (SSSR count). The van der Waals surface area contributed by atoms with E-state index in [0.717, 1.165) is 24.3 Å². The highest BCUT2D eigenvalue weighted by molar-refractivity contribution is 5.92. The molecule has 0 bridgehead atoms. The molecule has 120 valence electrons. The monoisotopic (exact) mass is 304 g/mol. The Hall–Kier alpha value is -2.04. The number of nitrogens with zero attached hydrogens (tertiary/aromatic N) is 1. The molecule has 0 unspecified atom stereocenters. The largest absolute Gasteiger partial charge is 0.497 e. The minimum Gasteiger partial charge on any atom is -0.497 e. The number of methoxy groups -OCH3 is 1. The third-order valence-corrected chi connectivity index (χ3v) is 4.03. The lowest BCUT2D eigenvalue weighted by molar-refractivity contribution is -0.137. The zero-order valence-electron chi connectivity index (χ0n) is 13.5. The zero-order valence-corrected chi connectivity index (χ0v) is 13.5. The fraction of sp³-hybridized carbons (Fsp3) is 0.529. The number of nitrogens with one attached hydrogen (secondary N) is 1. The second kappa shape index (κ2) is 7.29. The van der Waals surface area contributed by atoms with Gasteiger partial charge in [0.2, 0.25) is 11.8 Å². The van der Waals surface area contributed by atoms with Crippen LogP contribution in [-0.2, 0) is 9.59 Å². The smallest absolute Gasteiger partial charge is 0.227 e. The molecule has 1 heterocycles. The van der Waals surface area contributed by atoms with Crippen molar-refractivity contribution in [3.8, 4) is 5.75 Å².